The van der Waals surface area contributed by atoms with E-state index < -0.39 is 17.7 Å². The maximum absolute atomic E-state index is 14.1. The number of ether oxygens (including phenoxy) is 2. The zero-order chi connectivity index (χ0) is 28.2. The first-order chi connectivity index (χ1) is 19.4. The van der Waals surface area contributed by atoms with E-state index in [9.17, 15) is 14.4 Å². The van der Waals surface area contributed by atoms with Crippen molar-refractivity contribution in [3.8, 4) is 11.5 Å². The van der Waals surface area contributed by atoms with Gasteiger partial charge in [0.1, 0.15) is 23.4 Å². The minimum absolute atomic E-state index is 0.132. The van der Waals surface area contributed by atoms with Gasteiger partial charge >= 0.3 is 0 Å². The summed E-state index contributed by atoms with van der Waals surface area (Å²) in [5.41, 5.74) is 1.88. The molecule has 0 radical (unpaired) electrons. The number of pyridine rings is 1. The van der Waals surface area contributed by atoms with Crippen LogP contribution in [0.2, 0.25) is 0 Å². The number of rotatable bonds is 7. The number of likely N-dealkylation sites (tertiary alicyclic amines) is 1. The van der Waals surface area contributed by atoms with Gasteiger partial charge in [-0.3, -0.25) is 14.4 Å². The Kier molecular flexibility index (Phi) is 8.00. The molecule has 9 nitrogen and oxygen atoms in total. The smallest absolute Gasteiger partial charge is 0.295 e. The fourth-order valence-electron chi connectivity index (χ4n) is 5.73. The topological polar surface area (TPSA) is 92.3 Å². The van der Waals surface area contributed by atoms with E-state index in [1.54, 1.807) is 18.3 Å². The molecule has 0 bridgehead atoms. The number of ketones is 1. The molecule has 1 unspecified atom stereocenters. The first-order valence-electron chi connectivity index (χ1n) is 13.5. The Labute approximate surface area is 234 Å². The average Bonchev–Trinajstić information content (AvgIpc) is 3.46. The van der Waals surface area contributed by atoms with Crippen LogP contribution in [-0.2, 0) is 9.59 Å². The van der Waals surface area contributed by atoms with Gasteiger partial charge in [-0.15, -0.1) is 0 Å². The van der Waals surface area contributed by atoms with Crippen molar-refractivity contribution in [1.29, 1.82) is 0 Å². The quantitative estimate of drug-likeness (QED) is 0.334. The van der Waals surface area contributed by atoms with Crippen LogP contribution in [0.25, 0.3) is 0 Å². The van der Waals surface area contributed by atoms with Crippen LogP contribution in [0.1, 0.15) is 33.8 Å². The van der Waals surface area contributed by atoms with Gasteiger partial charge in [-0.2, -0.15) is 0 Å². The van der Waals surface area contributed by atoms with E-state index in [4.69, 9.17) is 9.47 Å². The first-order valence-corrected chi connectivity index (χ1v) is 13.5. The Morgan fingerprint density at radius 2 is 1.50 bits per heavy atom. The van der Waals surface area contributed by atoms with Crippen LogP contribution in [0.4, 0.5) is 5.82 Å². The molecule has 3 aromatic rings. The number of methoxy groups -OCH3 is 2. The summed E-state index contributed by atoms with van der Waals surface area (Å²) in [5.74, 6) is 0.0625. The zero-order valence-electron chi connectivity index (χ0n) is 23.1. The van der Waals surface area contributed by atoms with Crippen molar-refractivity contribution < 1.29 is 23.9 Å². The van der Waals surface area contributed by atoms with E-state index in [-0.39, 0.29) is 17.4 Å². The molecule has 5 rings (SSSR count). The number of carbonyl (C=O) groups is 3. The van der Waals surface area contributed by atoms with Crippen molar-refractivity contribution in [3.63, 3.8) is 0 Å². The van der Waals surface area contributed by atoms with Gasteiger partial charge in [-0.1, -0.05) is 36.4 Å². The molecule has 2 fully saturated rings. The van der Waals surface area contributed by atoms with E-state index >= 15 is 0 Å². The van der Waals surface area contributed by atoms with Crippen molar-refractivity contribution >= 4 is 23.4 Å². The summed E-state index contributed by atoms with van der Waals surface area (Å²) in [7, 11) is 3.01. The molecule has 2 atom stereocenters. The standard InChI is InChI=1S/C31H34N4O5/c1-21-25(39-2)19-23(20-26(21)40-3)29(36)31(38)35-14-12-24(22-9-5-4-6-10-22)28(35)30(37)34-17-15-33(16-18-34)27-11-7-8-13-32-27/h4-11,13,19-20,24,28H,12,14-18H2,1-3H3/t24?,28-/m0/s1. The Balaban J connectivity index is 1.40. The number of aromatic nitrogens is 1. The minimum atomic E-state index is -0.769. The summed E-state index contributed by atoms with van der Waals surface area (Å²) < 4.78 is 10.8. The van der Waals surface area contributed by atoms with Gasteiger partial charge in [0.05, 0.1) is 14.2 Å². The van der Waals surface area contributed by atoms with Crippen molar-refractivity contribution in [3.05, 3.63) is 83.6 Å². The Morgan fingerprint density at radius 3 is 2.10 bits per heavy atom. The first kappa shape index (κ1) is 27.2. The van der Waals surface area contributed by atoms with Gasteiger partial charge in [0.25, 0.3) is 11.7 Å². The van der Waals surface area contributed by atoms with E-state index in [2.05, 4.69) is 9.88 Å². The third-order valence-electron chi connectivity index (χ3n) is 7.91. The summed E-state index contributed by atoms with van der Waals surface area (Å²) in [6.07, 6.45) is 2.35. The van der Waals surface area contributed by atoms with E-state index in [0.717, 1.165) is 16.9 Å². The molecular formula is C31H34N4O5. The summed E-state index contributed by atoms with van der Waals surface area (Å²) in [5, 5.41) is 0. The number of Topliss-reactive ketones (excluding diaryl/α,β-unsaturated/α-hetero) is 1. The van der Waals surface area contributed by atoms with Gasteiger partial charge in [-0.05, 0) is 43.2 Å². The molecule has 2 amide bonds. The Hall–Kier alpha value is -4.40. The number of nitrogens with zero attached hydrogens (tertiary/aromatic N) is 4. The molecule has 0 saturated carbocycles. The van der Waals surface area contributed by atoms with Crippen LogP contribution in [0.3, 0.4) is 0 Å². The second-order valence-electron chi connectivity index (χ2n) is 10.1. The molecule has 9 heteroatoms. The van der Waals surface area contributed by atoms with Crippen molar-refractivity contribution in [2.75, 3.05) is 51.8 Å². The average molecular weight is 543 g/mol. The van der Waals surface area contributed by atoms with Crippen molar-refractivity contribution in [1.82, 2.24) is 14.8 Å². The lowest BCUT2D eigenvalue weighted by Gasteiger charge is -2.38. The van der Waals surface area contributed by atoms with E-state index in [0.29, 0.717) is 50.6 Å². The molecule has 0 aliphatic carbocycles. The number of benzene rings is 2. The van der Waals surface area contributed by atoms with Gasteiger partial charge < -0.3 is 24.2 Å². The molecule has 1 aromatic heterocycles. The highest BCUT2D eigenvalue weighted by Gasteiger charge is 2.46. The molecule has 0 spiro atoms. The lowest BCUT2D eigenvalue weighted by molar-refractivity contribution is -0.142. The highest BCUT2D eigenvalue weighted by atomic mass is 16.5. The number of hydrogen-bond donors (Lipinski definition) is 0. The fraction of sp³-hybridized carbons (Fsp3) is 0.355. The van der Waals surface area contributed by atoms with E-state index in [1.807, 2.05) is 60.4 Å². The van der Waals surface area contributed by atoms with Gasteiger partial charge in [0, 0.05) is 56.0 Å². The van der Waals surface area contributed by atoms with Crippen LogP contribution in [0.5, 0.6) is 11.5 Å². The Morgan fingerprint density at radius 1 is 0.850 bits per heavy atom. The second-order valence-corrected chi connectivity index (χ2v) is 10.1. The number of amides is 2. The molecular weight excluding hydrogens is 508 g/mol. The zero-order valence-corrected chi connectivity index (χ0v) is 23.1. The van der Waals surface area contributed by atoms with Gasteiger partial charge in [0.2, 0.25) is 5.91 Å². The summed E-state index contributed by atoms with van der Waals surface area (Å²) >= 11 is 0. The number of carbonyl (C=O) groups excluding carboxylic acids is 3. The second kappa shape index (κ2) is 11.8. The number of hydrogen-bond acceptors (Lipinski definition) is 7. The van der Waals surface area contributed by atoms with Crippen LogP contribution < -0.4 is 14.4 Å². The largest absolute Gasteiger partial charge is 0.496 e. The number of anilines is 1. The maximum atomic E-state index is 14.1. The molecule has 0 N–H and O–H groups in total. The van der Waals surface area contributed by atoms with Crippen LogP contribution >= 0.6 is 0 Å². The molecule has 2 aromatic carbocycles. The SMILES string of the molecule is COc1cc(C(=O)C(=O)N2CCC(c3ccccc3)[C@H]2C(=O)N2CCN(c3ccccn3)CC2)cc(OC)c1C. The third-order valence-corrected chi connectivity index (χ3v) is 7.91. The van der Waals surface area contributed by atoms with E-state index in [1.165, 1.54) is 19.1 Å². The van der Waals surface area contributed by atoms with Gasteiger partial charge in [0.15, 0.2) is 0 Å². The lowest BCUT2D eigenvalue weighted by Crippen LogP contribution is -2.56. The van der Waals surface area contributed by atoms with Crippen molar-refractivity contribution in [2.45, 2.75) is 25.3 Å². The number of piperazine rings is 1. The summed E-state index contributed by atoms with van der Waals surface area (Å²) in [4.78, 5) is 51.2. The van der Waals surface area contributed by atoms with Crippen molar-refractivity contribution in [2.24, 2.45) is 0 Å². The highest BCUT2D eigenvalue weighted by Crippen LogP contribution is 2.36. The lowest BCUT2D eigenvalue weighted by atomic mass is 9.90. The van der Waals surface area contributed by atoms with Crippen LogP contribution in [0.15, 0.2) is 66.9 Å². The van der Waals surface area contributed by atoms with Gasteiger partial charge in [-0.25, -0.2) is 4.98 Å². The maximum Gasteiger partial charge on any atom is 0.295 e. The molecule has 2 aliphatic rings. The minimum Gasteiger partial charge on any atom is -0.496 e. The summed E-state index contributed by atoms with van der Waals surface area (Å²) in [6, 6.07) is 17.9. The normalized spacial score (nSPS) is 18.9. The monoisotopic (exact) mass is 542 g/mol. The Bertz CT molecular complexity index is 1350. The van der Waals surface area contributed by atoms with Crippen LogP contribution in [0, 0.1) is 6.92 Å². The van der Waals surface area contributed by atoms with Crippen LogP contribution in [-0.4, -0.2) is 85.4 Å². The molecule has 2 aliphatic heterocycles. The third kappa shape index (κ3) is 5.23. The highest BCUT2D eigenvalue weighted by molar-refractivity contribution is 6.43. The predicted octanol–water partition coefficient (Wildman–Crippen LogP) is 3.32. The predicted molar refractivity (Wildman–Crippen MR) is 151 cm³/mol. The fourth-order valence-corrected chi connectivity index (χ4v) is 5.73. The molecule has 40 heavy (non-hydrogen) atoms. The molecule has 2 saturated heterocycles. The summed E-state index contributed by atoms with van der Waals surface area (Å²) in [6.45, 7) is 4.43. The molecule has 3 heterocycles. The molecule has 208 valence electrons.